The fourth-order valence-electron chi connectivity index (χ4n) is 2.22. The van der Waals surface area contributed by atoms with E-state index in [1.54, 1.807) is 36.5 Å². The highest BCUT2D eigenvalue weighted by Gasteiger charge is 2.17. The number of rotatable bonds is 1. The first-order valence-corrected chi connectivity index (χ1v) is 6.96. The van der Waals surface area contributed by atoms with Crippen molar-refractivity contribution < 1.29 is 13.0 Å². The summed E-state index contributed by atoms with van der Waals surface area (Å²) in [5.41, 5.74) is 6.95. The predicted molar refractivity (Wildman–Crippen MR) is 73.5 cm³/mol. The number of nitrogens with zero attached hydrogens (tertiary/aromatic N) is 1. The van der Waals surface area contributed by atoms with Crippen molar-refractivity contribution in [3.8, 4) is 0 Å². The molecule has 2 aromatic carbocycles. The van der Waals surface area contributed by atoms with E-state index < -0.39 is 10.1 Å². The minimum atomic E-state index is -4.32. The topological polar surface area (TPSA) is 93.3 Å². The monoisotopic (exact) mass is 274 g/mol. The molecule has 1 aromatic heterocycles. The summed E-state index contributed by atoms with van der Waals surface area (Å²) in [7, 11) is -4.32. The van der Waals surface area contributed by atoms with Crippen molar-refractivity contribution in [2.24, 2.45) is 0 Å². The molecule has 0 atom stereocenters. The average molecular weight is 274 g/mol. The molecule has 19 heavy (non-hydrogen) atoms. The van der Waals surface area contributed by atoms with Crippen LogP contribution in [0, 0.1) is 0 Å². The van der Waals surface area contributed by atoms with E-state index in [4.69, 9.17) is 5.73 Å². The molecule has 3 aromatic rings. The van der Waals surface area contributed by atoms with E-state index in [1.165, 1.54) is 6.07 Å². The fourth-order valence-corrected chi connectivity index (χ4v) is 2.94. The number of anilines is 1. The van der Waals surface area contributed by atoms with Crippen molar-refractivity contribution in [1.82, 2.24) is 4.98 Å². The fraction of sp³-hybridized carbons (Fsp3) is 0. The van der Waals surface area contributed by atoms with E-state index in [0.717, 1.165) is 0 Å². The van der Waals surface area contributed by atoms with Crippen LogP contribution in [0.2, 0.25) is 0 Å². The van der Waals surface area contributed by atoms with Crippen LogP contribution in [0.15, 0.2) is 47.5 Å². The van der Waals surface area contributed by atoms with Gasteiger partial charge in [0.15, 0.2) is 0 Å². The van der Waals surface area contributed by atoms with Gasteiger partial charge < -0.3 is 5.73 Å². The molecular weight excluding hydrogens is 264 g/mol. The van der Waals surface area contributed by atoms with Gasteiger partial charge in [-0.3, -0.25) is 9.54 Å². The van der Waals surface area contributed by atoms with Gasteiger partial charge >= 0.3 is 0 Å². The Hall–Kier alpha value is -2.18. The normalized spacial score (nSPS) is 12.1. The SMILES string of the molecule is Nc1cccc2c(S(=O)(=O)O)cc3cccnc3c12. The Balaban J connectivity index is 2.68. The lowest BCUT2D eigenvalue weighted by Crippen LogP contribution is -2.01. The van der Waals surface area contributed by atoms with Crippen molar-refractivity contribution in [2.45, 2.75) is 4.90 Å². The third kappa shape index (κ3) is 1.81. The summed E-state index contributed by atoms with van der Waals surface area (Å²) >= 11 is 0. The molecular formula is C13H10N2O3S. The van der Waals surface area contributed by atoms with Crippen LogP contribution in [-0.4, -0.2) is 18.0 Å². The molecule has 0 bridgehead atoms. The summed E-state index contributed by atoms with van der Waals surface area (Å²) in [5.74, 6) is 0. The van der Waals surface area contributed by atoms with Crippen molar-refractivity contribution >= 4 is 37.5 Å². The van der Waals surface area contributed by atoms with Crippen molar-refractivity contribution in [3.63, 3.8) is 0 Å². The molecule has 0 radical (unpaired) electrons. The Bertz CT molecular complexity index is 904. The predicted octanol–water partition coefficient (Wildman–Crippen LogP) is 2.22. The maximum atomic E-state index is 11.5. The van der Waals surface area contributed by atoms with Crippen LogP contribution < -0.4 is 5.73 Å². The molecule has 0 aliphatic carbocycles. The van der Waals surface area contributed by atoms with E-state index in [0.29, 0.717) is 27.4 Å². The largest absolute Gasteiger partial charge is 0.398 e. The number of aromatic nitrogens is 1. The molecule has 3 rings (SSSR count). The van der Waals surface area contributed by atoms with Gasteiger partial charge in [0, 0.05) is 28.0 Å². The third-order valence-corrected chi connectivity index (χ3v) is 3.90. The summed E-state index contributed by atoms with van der Waals surface area (Å²) < 4.78 is 32.3. The molecule has 0 aliphatic rings. The summed E-state index contributed by atoms with van der Waals surface area (Å²) in [6, 6.07) is 9.73. The maximum Gasteiger partial charge on any atom is 0.295 e. The smallest absolute Gasteiger partial charge is 0.295 e. The van der Waals surface area contributed by atoms with Crippen molar-refractivity contribution in [3.05, 3.63) is 42.6 Å². The Morgan fingerprint density at radius 2 is 1.95 bits per heavy atom. The van der Waals surface area contributed by atoms with Crippen molar-refractivity contribution in [1.29, 1.82) is 0 Å². The zero-order valence-corrected chi connectivity index (χ0v) is 10.6. The van der Waals surface area contributed by atoms with Gasteiger partial charge in [-0.1, -0.05) is 18.2 Å². The summed E-state index contributed by atoms with van der Waals surface area (Å²) in [6.45, 7) is 0. The van der Waals surface area contributed by atoms with Crippen LogP contribution in [-0.2, 0) is 10.1 Å². The lowest BCUT2D eigenvalue weighted by molar-refractivity contribution is 0.484. The number of hydrogen-bond acceptors (Lipinski definition) is 4. The maximum absolute atomic E-state index is 11.5. The Labute approximate surface area is 109 Å². The molecule has 0 unspecified atom stereocenters. The van der Waals surface area contributed by atoms with Gasteiger partial charge in [0.1, 0.15) is 4.90 Å². The van der Waals surface area contributed by atoms with E-state index in [9.17, 15) is 13.0 Å². The van der Waals surface area contributed by atoms with Gasteiger partial charge in [-0.25, -0.2) is 0 Å². The first kappa shape index (κ1) is 11.9. The number of nitrogen functional groups attached to an aromatic ring is 1. The van der Waals surface area contributed by atoms with Gasteiger partial charge in [0.2, 0.25) is 0 Å². The Kier molecular flexibility index (Phi) is 2.44. The molecule has 96 valence electrons. The third-order valence-electron chi connectivity index (χ3n) is 3.00. The molecule has 0 aliphatic heterocycles. The molecule has 5 nitrogen and oxygen atoms in total. The second kappa shape index (κ2) is 3.91. The average Bonchev–Trinajstić information content (AvgIpc) is 2.36. The van der Waals surface area contributed by atoms with Gasteiger partial charge in [0.25, 0.3) is 10.1 Å². The van der Waals surface area contributed by atoms with Gasteiger partial charge in [-0.15, -0.1) is 0 Å². The molecule has 6 heteroatoms. The van der Waals surface area contributed by atoms with Crippen LogP contribution in [0.25, 0.3) is 21.7 Å². The van der Waals surface area contributed by atoms with Crippen LogP contribution in [0.3, 0.4) is 0 Å². The quantitative estimate of drug-likeness (QED) is 0.403. The highest BCUT2D eigenvalue weighted by molar-refractivity contribution is 7.86. The first-order valence-electron chi connectivity index (χ1n) is 5.52. The highest BCUT2D eigenvalue weighted by atomic mass is 32.2. The number of benzene rings is 2. The lowest BCUT2D eigenvalue weighted by atomic mass is 10.0. The molecule has 0 saturated carbocycles. The minimum Gasteiger partial charge on any atom is -0.398 e. The van der Waals surface area contributed by atoms with Crippen LogP contribution >= 0.6 is 0 Å². The Morgan fingerprint density at radius 3 is 2.68 bits per heavy atom. The van der Waals surface area contributed by atoms with Crippen molar-refractivity contribution in [2.75, 3.05) is 5.73 Å². The summed E-state index contributed by atoms with van der Waals surface area (Å²) in [4.78, 5) is 4.08. The second-order valence-electron chi connectivity index (χ2n) is 4.19. The van der Waals surface area contributed by atoms with E-state index >= 15 is 0 Å². The molecule has 0 amide bonds. The van der Waals surface area contributed by atoms with Crippen LogP contribution in [0.5, 0.6) is 0 Å². The van der Waals surface area contributed by atoms with Crippen LogP contribution in [0.1, 0.15) is 0 Å². The van der Waals surface area contributed by atoms with Gasteiger partial charge in [0.05, 0.1) is 5.52 Å². The van der Waals surface area contributed by atoms with Gasteiger partial charge in [-0.05, 0) is 18.2 Å². The molecule has 0 saturated heterocycles. The zero-order chi connectivity index (χ0) is 13.6. The molecule has 1 heterocycles. The zero-order valence-electron chi connectivity index (χ0n) is 9.74. The molecule has 3 N–H and O–H groups in total. The highest BCUT2D eigenvalue weighted by Crippen LogP contribution is 2.33. The van der Waals surface area contributed by atoms with E-state index in [2.05, 4.69) is 4.98 Å². The van der Waals surface area contributed by atoms with Gasteiger partial charge in [-0.2, -0.15) is 8.42 Å². The summed E-state index contributed by atoms with van der Waals surface area (Å²) in [5, 5.41) is 1.52. The Morgan fingerprint density at radius 1 is 1.16 bits per heavy atom. The minimum absolute atomic E-state index is 0.157. The molecule has 0 spiro atoms. The standard InChI is InChI=1S/C13H10N2O3S/c14-10-5-1-4-9-11(19(16,17)18)7-8-3-2-6-15-13(8)12(9)10/h1-7H,14H2,(H,16,17,18). The second-order valence-corrected chi connectivity index (χ2v) is 5.58. The van der Waals surface area contributed by atoms with Crippen LogP contribution in [0.4, 0.5) is 5.69 Å². The number of fused-ring (bicyclic) bond motifs is 3. The summed E-state index contributed by atoms with van der Waals surface area (Å²) in [6.07, 6.45) is 1.61. The first-order chi connectivity index (χ1) is 8.98. The number of pyridine rings is 1. The van der Waals surface area contributed by atoms with E-state index in [-0.39, 0.29) is 4.90 Å². The number of hydrogen-bond donors (Lipinski definition) is 2. The number of nitrogens with two attached hydrogens (primary N) is 1. The van der Waals surface area contributed by atoms with E-state index in [1.807, 2.05) is 0 Å². The molecule has 0 fully saturated rings. The lowest BCUT2D eigenvalue weighted by Gasteiger charge is -2.09.